The number of amides is 19. The number of primary amides is 3. The van der Waals surface area contributed by atoms with E-state index in [0.717, 1.165) is 9.80 Å². The first kappa shape index (κ1) is 98.5. The predicted molar refractivity (Wildman–Crippen MR) is 423 cm³/mol. The van der Waals surface area contributed by atoms with Gasteiger partial charge in [-0.05, 0) is 44.4 Å². The molecule has 117 heavy (non-hydrogen) atoms. The minimum atomic E-state index is -1.99. The lowest BCUT2D eigenvalue weighted by molar-refractivity contribution is -0.143. The molecule has 4 heterocycles. The molecular weight excluding hydrogens is 1620 g/mol. The number of thiol groups is 4. The number of carboxylic acids is 1. The van der Waals surface area contributed by atoms with Gasteiger partial charge in [-0.2, -0.15) is 50.5 Å². The molecule has 4 rings (SSSR count). The summed E-state index contributed by atoms with van der Waals surface area (Å²) in [5.74, 6) is -23.7. The van der Waals surface area contributed by atoms with Gasteiger partial charge in [-0.25, -0.2) is 9.97 Å². The molecule has 46 nitrogen and oxygen atoms in total. The van der Waals surface area contributed by atoms with Gasteiger partial charge in [0.25, 0.3) is 0 Å². The number of aromatic amines is 2. The Morgan fingerprint density at radius 2 is 0.829 bits per heavy atom. The topological polar surface area (TPSA) is 718 Å². The molecule has 0 aliphatic carbocycles. The number of nitrogens with one attached hydrogen (secondary N) is 16. The van der Waals surface area contributed by atoms with Gasteiger partial charge in [-0.3, -0.25) is 95.9 Å². The number of imidazole rings is 2. The molecule has 2 aliphatic heterocycles. The maximum absolute atomic E-state index is 14.6. The highest BCUT2D eigenvalue weighted by molar-refractivity contribution is 7.80. The van der Waals surface area contributed by atoms with Crippen molar-refractivity contribution in [1.29, 1.82) is 0 Å². The molecule has 2 aliphatic rings. The number of aliphatic hydroxyl groups excluding tert-OH is 1. The van der Waals surface area contributed by atoms with E-state index in [0.29, 0.717) is 17.8 Å². The second-order valence-electron chi connectivity index (χ2n) is 27.7. The van der Waals surface area contributed by atoms with Crippen molar-refractivity contribution >= 4 is 169 Å². The summed E-state index contributed by atoms with van der Waals surface area (Å²) >= 11 is 16.4. The minimum absolute atomic E-state index is 0.0387. The Morgan fingerprint density at radius 1 is 0.462 bits per heavy atom. The predicted octanol–water partition coefficient (Wildman–Crippen LogP) is -11.6. The number of aliphatic hydroxyl groups is 1. The van der Waals surface area contributed by atoms with E-state index in [4.69, 9.17) is 28.0 Å². The van der Waals surface area contributed by atoms with E-state index < -0.39 is 265 Å². The minimum Gasteiger partial charge on any atom is -0.480 e. The molecule has 2 aromatic rings. The smallest absolute Gasteiger partial charge is 0.322 e. The van der Waals surface area contributed by atoms with Crippen molar-refractivity contribution in [2.45, 2.75) is 189 Å². The van der Waals surface area contributed by atoms with Crippen molar-refractivity contribution < 1.29 is 106 Å². The van der Waals surface area contributed by atoms with Gasteiger partial charge in [0.1, 0.15) is 97.2 Å². The highest BCUT2D eigenvalue weighted by atomic mass is 32.1. The van der Waals surface area contributed by atoms with Gasteiger partial charge < -0.3 is 127 Å². The van der Waals surface area contributed by atoms with Crippen molar-refractivity contribution in [2.75, 3.05) is 55.8 Å². The Hall–Kier alpha value is -10.9. The van der Waals surface area contributed by atoms with Gasteiger partial charge >= 0.3 is 5.97 Å². The second-order valence-corrected chi connectivity index (χ2v) is 29.1. The van der Waals surface area contributed by atoms with E-state index in [9.17, 15) is 101 Å². The highest BCUT2D eigenvalue weighted by Crippen LogP contribution is 2.23. The lowest BCUT2D eigenvalue weighted by Gasteiger charge is -2.31. The number of carboxylic acid groups (broad SMARTS) is 1. The van der Waals surface area contributed by atoms with Crippen molar-refractivity contribution in [3.8, 4) is 0 Å². The third kappa shape index (κ3) is 30.9. The van der Waals surface area contributed by atoms with Crippen LogP contribution in [0.3, 0.4) is 0 Å². The van der Waals surface area contributed by atoms with Crippen LogP contribution >= 0.6 is 50.5 Å². The Morgan fingerprint density at radius 3 is 1.28 bits per heavy atom. The number of carbonyl (C=O) groups is 20. The third-order valence-corrected chi connectivity index (χ3v) is 19.9. The summed E-state index contributed by atoms with van der Waals surface area (Å²) < 4.78 is 0. The quantitative estimate of drug-likeness (QED) is 0.0274. The zero-order valence-electron chi connectivity index (χ0n) is 64.5. The number of aliphatic carboxylic acids is 1. The van der Waals surface area contributed by atoms with E-state index >= 15 is 0 Å². The first-order valence-corrected chi connectivity index (χ1v) is 39.4. The number of rotatable bonds is 49. The van der Waals surface area contributed by atoms with Gasteiger partial charge in [0, 0.05) is 72.7 Å². The number of H-pyrrole nitrogens is 2. The number of likely N-dealkylation sites (tertiary alicyclic amines) is 2. The molecular formula is C67H104N24O22S4. The molecule has 0 aromatic carbocycles. The van der Waals surface area contributed by atoms with E-state index in [1.165, 1.54) is 45.8 Å². The number of aromatic nitrogens is 4. The zero-order valence-corrected chi connectivity index (χ0v) is 68.1. The first-order chi connectivity index (χ1) is 55.3. The van der Waals surface area contributed by atoms with Crippen molar-refractivity contribution in [2.24, 2.45) is 34.8 Å². The standard InChI is InChI=1S/C67H104N24O22S4/c1-6-30(4)52(65(111)87-40(23-114)54(100)74-21-50(97)98)89-56(102)34(13-32-19-72-27-75-32)80-63(109)45-10-8-12-91(45)67(113)38(17-48(71)95)83-55(101)35(15-46(69)93)81-64(110)51(29(2)3)88-57(103)36(16-47(70)94)79-60(106)42(25-116)85-53(99)31(5)77-62(108)44-9-7-11-90(44)66(112)37(14-33-20-73-28-76-33)82-58(104)39(22-92)84-61(107)43(26-117)86-59(105)41(24-115)78-49(96)18-68/h19-20,27-31,34-45,51-52,92,114-117H,6-18,21-26,68H2,1-5H3,(H2,69,93)(H2,70,94)(H2,71,95)(H,72,75)(H,73,76)(H,74,100)(H,77,108)(H,78,96)(H,79,106)(H,80,109)(H,81,110)(H,82,104)(H,83,101)(H,84,107)(H,85,99)(H,86,105)(H,87,111)(H,88,103)(H,89,102)(H,97,98)/t30-,31-,34-,35-,36-,37-,38-,39-,40-,41-,42-,43-,44-,45-,51-,52-/m0/s1. The molecule has 648 valence electrons. The monoisotopic (exact) mass is 1720 g/mol. The van der Waals surface area contributed by atoms with Gasteiger partial charge in [-0.15, -0.1) is 0 Å². The maximum atomic E-state index is 14.6. The van der Waals surface area contributed by atoms with Crippen molar-refractivity contribution in [1.82, 2.24) is 104 Å². The SMILES string of the molecule is CC[C@H](C)[C@H](NC(=O)[C@H](Cc1cnc[nH]1)NC(=O)[C@@H]1CCCN1C(=O)[C@H](CC(N)=O)NC(=O)[C@H](CC(N)=O)NC(=O)[C@@H](NC(=O)[C@H](CC(N)=O)NC(=O)[C@H](CS)NC(=O)[C@H](C)NC(=O)[C@@H]1CCCN1C(=O)[C@H](Cc1cnc[nH]1)NC(=O)[C@H](CO)NC(=O)[C@H](CS)NC(=O)[C@H](CS)NC(=O)CN)C(C)C)C(=O)N[C@@H](CS)C(=O)NCC(=O)O. The van der Waals surface area contributed by atoms with E-state index in [2.05, 4.69) is 145 Å². The van der Waals surface area contributed by atoms with Crippen LogP contribution in [0.25, 0.3) is 0 Å². The maximum Gasteiger partial charge on any atom is 0.322 e. The van der Waals surface area contributed by atoms with Crippen LogP contribution in [0.4, 0.5) is 0 Å². The fourth-order valence-electron chi connectivity index (χ4n) is 11.9. The average molecular weight is 1730 g/mol. The summed E-state index contributed by atoms with van der Waals surface area (Å²) in [6.45, 7) is 4.89. The summed E-state index contributed by atoms with van der Waals surface area (Å²) in [6, 6.07) is -23.4. The lowest BCUT2D eigenvalue weighted by Crippen LogP contribution is -2.62. The van der Waals surface area contributed by atoms with Crippen molar-refractivity contribution in [3.63, 3.8) is 0 Å². The molecule has 26 N–H and O–H groups in total. The molecule has 0 bridgehead atoms. The van der Waals surface area contributed by atoms with Crippen LogP contribution in [0, 0.1) is 11.8 Å². The van der Waals surface area contributed by atoms with E-state index in [1.54, 1.807) is 13.8 Å². The molecule has 2 saturated heterocycles. The van der Waals surface area contributed by atoms with Gasteiger partial charge in [-0.1, -0.05) is 34.1 Å². The van der Waals surface area contributed by atoms with Crippen LogP contribution in [0.5, 0.6) is 0 Å². The number of hydrogen-bond acceptors (Lipinski definition) is 28. The average Bonchev–Trinajstić information content (AvgIpc) is 1.67. The lowest BCUT2D eigenvalue weighted by atomic mass is 9.97. The summed E-state index contributed by atoms with van der Waals surface area (Å²) in [7, 11) is 0. The molecule has 2 fully saturated rings. The normalized spacial score (nSPS) is 17.3. The number of hydrogen-bond donors (Lipinski definition) is 26. The molecule has 16 atom stereocenters. The summed E-state index contributed by atoms with van der Waals surface area (Å²) in [5, 5.41) is 52.6. The van der Waals surface area contributed by atoms with Gasteiger partial charge in [0.05, 0.1) is 45.1 Å². The third-order valence-electron chi connectivity index (χ3n) is 18.5. The molecule has 0 saturated carbocycles. The fourth-order valence-corrected chi connectivity index (χ4v) is 13.0. The van der Waals surface area contributed by atoms with Gasteiger partial charge in [0.2, 0.25) is 112 Å². The van der Waals surface area contributed by atoms with E-state index in [1.807, 2.05) is 0 Å². The first-order valence-electron chi connectivity index (χ1n) is 36.8. The highest BCUT2D eigenvalue weighted by Gasteiger charge is 2.44. The molecule has 0 radical (unpaired) electrons. The van der Waals surface area contributed by atoms with Crippen molar-refractivity contribution in [3.05, 3.63) is 36.4 Å². The van der Waals surface area contributed by atoms with Gasteiger partial charge in [0.15, 0.2) is 0 Å². The fraction of sp³-hybridized carbons (Fsp3) is 0.612. The molecule has 19 amide bonds. The van der Waals surface area contributed by atoms with Crippen LogP contribution < -0.4 is 97.4 Å². The summed E-state index contributed by atoms with van der Waals surface area (Å²) in [6.07, 6.45) is 2.53. The van der Waals surface area contributed by atoms with Crippen LogP contribution in [0.15, 0.2) is 25.0 Å². The molecule has 2 aromatic heterocycles. The number of nitrogens with zero attached hydrogens (tertiary/aromatic N) is 4. The van der Waals surface area contributed by atoms with E-state index in [-0.39, 0.29) is 68.9 Å². The van der Waals surface area contributed by atoms with Crippen LogP contribution in [-0.4, -0.2) is 305 Å². The largest absolute Gasteiger partial charge is 0.480 e. The zero-order chi connectivity index (χ0) is 87.7. The van der Waals surface area contributed by atoms with Crippen LogP contribution in [0.2, 0.25) is 0 Å². The Bertz CT molecular complexity index is 3890. The van der Waals surface area contributed by atoms with Crippen LogP contribution in [-0.2, 0) is 109 Å². The summed E-state index contributed by atoms with van der Waals surface area (Å²) in [4.78, 5) is 285. The van der Waals surface area contributed by atoms with Crippen LogP contribution in [0.1, 0.15) is 97.4 Å². The molecule has 0 unspecified atom stereocenters. The second kappa shape index (κ2) is 48.6. The number of nitrogens with two attached hydrogens (primary N) is 4. The molecule has 0 spiro atoms. The Kier molecular flexibility index (Phi) is 40.9. The number of carbonyl (C=O) groups excluding carboxylic acids is 19. The Balaban J connectivity index is 1.46. The summed E-state index contributed by atoms with van der Waals surface area (Å²) in [5.41, 5.74) is 22.5. The molecule has 50 heteroatoms. The Labute approximate surface area is 692 Å².